The Labute approximate surface area is 244 Å². The summed E-state index contributed by atoms with van der Waals surface area (Å²) in [6.45, 7) is 0.662. The Morgan fingerprint density at radius 3 is 2.55 bits per heavy atom. The summed E-state index contributed by atoms with van der Waals surface area (Å²) in [4.78, 5) is 25.4. The van der Waals surface area contributed by atoms with Crippen molar-refractivity contribution in [2.24, 2.45) is 0 Å². The van der Waals surface area contributed by atoms with Gasteiger partial charge in [-0.05, 0) is 48.2 Å². The van der Waals surface area contributed by atoms with Gasteiger partial charge in [0.1, 0.15) is 5.58 Å². The summed E-state index contributed by atoms with van der Waals surface area (Å²) in [5, 5.41) is 16.0. The lowest BCUT2D eigenvalue weighted by Crippen LogP contribution is -2.33. The van der Waals surface area contributed by atoms with Crippen LogP contribution in [0.15, 0.2) is 95.3 Å². The van der Waals surface area contributed by atoms with E-state index in [4.69, 9.17) is 19.6 Å². The first kappa shape index (κ1) is 28.9. The second-order valence-corrected chi connectivity index (χ2v) is 10.2. The topological polar surface area (TPSA) is 136 Å². The Bertz CT molecular complexity index is 1540. The third kappa shape index (κ3) is 7.37. The van der Waals surface area contributed by atoms with Gasteiger partial charge in [0, 0.05) is 36.3 Å². The molecule has 0 aliphatic carbocycles. The highest BCUT2D eigenvalue weighted by Gasteiger charge is 2.30. The van der Waals surface area contributed by atoms with Gasteiger partial charge in [-0.1, -0.05) is 54.6 Å². The number of nitrogens with one attached hydrogen (secondary N) is 2. The van der Waals surface area contributed by atoms with E-state index < -0.39 is 6.29 Å². The predicted molar refractivity (Wildman–Crippen MR) is 160 cm³/mol. The number of rotatable bonds is 12. The number of hydrogen-bond donors (Lipinski definition) is 4. The van der Waals surface area contributed by atoms with Crippen molar-refractivity contribution >= 4 is 34.2 Å². The molecule has 1 aliphatic heterocycles. The van der Waals surface area contributed by atoms with Crippen LogP contribution in [0.4, 0.5) is 11.4 Å². The molecule has 2 amide bonds. The molecule has 0 unspecified atom stereocenters. The Morgan fingerprint density at radius 1 is 0.976 bits per heavy atom. The molecule has 3 aromatic carbocycles. The minimum atomic E-state index is -0.652. The van der Waals surface area contributed by atoms with Crippen molar-refractivity contribution < 1.29 is 28.6 Å². The maximum absolute atomic E-state index is 13.1. The first-order valence-corrected chi connectivity index (χ1v) is 14.1. The van der Waals surface area contributed by atoms with Crippen LogP contribution in [0.2, 0.25) is 0 Å². The maximum atomic E-state index is 13.1. The lowest BCUT2D eigenvalue weighted by molar-refractivity contribution is -0.150. The number of aliphatic hydroxyl groups is 1. The largest absolute Gasteiger partial charge is 0.464 e. The second-order valence-electron chi connectivity index (χ2n) is 10.2. The van der Waals surface area contributed by atoms with E-state index >= 15 is 0 Å². The molecule has 5 N–H and O–H groups in total. The molecule has 0 fully saturated rings. The number of fused-ring (bicyclic) bond motifs is 1. The lowest BCUT2D eigenvalue weighted by Gasteiger charge is -2.29. The standard InChI is InChI=1S/C33H35N3O6/c34-27-8-2-3-9-28(27)36-31(38)11-5-6-16-35-33(39)30-17-24(26-21-40-29-10-4-1-7-25(26)29)18-32(42-30)41-20-23-14-12-22(19-37)13-15-23/h1-4,7-10,12-15,17,21,24,32,37H,5-6,11,16,18-20,34H2,(H,35,39)(H,36,38)/t24-,32+/m1/s1. The fourth-order valence-corrected chi connectivity index (χ4v) is 4.87. The number of unbranched alkanes of at least 4 members (excludes halogenated alkanes) is 1. The quantitative estimate of drug-likeness (QED) is 0.133. The van der Waals surface area contributed by atoms with Gasteiger partial charge in [-0.3, -0.25) is 9.59 Å². The Balaban J connectivity index is 1.18. The van der Waals surface area contributed by atoms with Crippen molar-refractivity contribution in [2.45, 2.75) is 51.1 Å². The summed E-state index contributed by atoms with van der Waals surface area (Å²) in [6, 6.07) is 22.4. The molecule has 0 saturated heterocycles. The third-order valence-corrected chi connectivity index (χ3v) is 7.18. The minimum absolute atomic E-state index is 0.0213. The van der Waals surface area contributed by atoms with E-state index in [1.165, 1.54) is 0 Å². The first-order chi connectivity index (χ1) is 20.5. The van der Waals surface area contributed by atoms with Crippen molar-refractivity contribution in [1.82, 2.24) is 5.32 Å². The molecule has 5 rings (SSSR count). The number of nitrogens with two attached hydrogens (primary N) is 1. The normalized spacial score (nSPS) is 16.5. The highest BCUT2D eigenvalue weighted by Crippen LogP contribution is 2.36. The van der Waals surface area contributed by atoms with Gasteiger partial charge in [0.05, 0.1) is 30.9 Å². The molecule has 9 heteroatoms. The highest BCUT2D eigenvalue weighted by atomic mass is 16.7. The van der Waals surface area contributed by atoms with Crippen LogP contribution >= 0.6 is 0 Å². The molecule has 2 heterocycles. The van der Waals surface area contributed by atoms with E-state index in [9.17, 15) is 14.7 Å². The van der Waals surface area contributed by atoms with Gasteiger partial charge < -0.3 is 35.4 Å². The molecule has 4 aromatic rings. The number of carbonyl (C=O) groups excluding carboxylic acids is 2. The number of nitrogen functional groups attached to an aromatic ring is 1. The van der Waals surface area contributed by atoms with E-state index in [0.29, 0.717) is 50.2 Å². The summed E-state index contributed by atoms with van der Waals surface area (Å²) in [5.74, 6) is -0.429. The van der Waals surface area contributed by atoms with Crippen molar-refractivity contribution in [3.63, 3.8) is 0 Å². The lowest BCUT2D eigenvalue weighted by atomic mass is 9.92. The molecule has 0 saturated carbocycles. The molecule has 1 aliphatic rings. The van der Waals surface area contributed by atoms with Gasteiger partial charge in [-0.2, -0.15) is 0 Å². The van der Waals surface area contributed by atoms with Crippen LogP contribution in [0, 0.1) is 0 Å². The molecule has 218 valence electrons. The number of ether oxygens (including phenoxy) is 2. The summed E-state index contributed by atoms with van der Waals surface area (Å²) in [5.41, 5.74) is 10.5. The first-order valence-electron chi connectivity index (χ1n) is 14.1. The Morgan fingerprint density at radius 2 is 1.74 bits per heavy atom. The second kappa shape index (κ2) is 13.8. The Hall–Kier alpha value is -4.60. The van der Waals surface area contributed by atoms with E-state index in [1.807, 2.05) is 66.7 Å². The van der Waals surface area contributed by atoms with Gasteiger partial charge in [-0.15, -0.1) is 0 Å². The van der Waals surface area contributed by atoms with Crippen LogP contribution in [0.5, 0.6) is 0 Å². The van der Waals surface area contributed by atoms with E-state index in [0.717, 1.165) is 27.7 Å². The van der Waals surface area contributed by atoms with Gasteiger partial charge in [0.15, 0.2) is 5.76 Å². The van der Waals surface area contributed by atoms with Crippen molar-refractivity contribution in [1.29, 1.82) is 0 Å². The molecule has 42 heavy (non-hydrogen) atoms. The summed E-state index contributed by atoms with van der Waals surface area (Å²) >= 11 is 0. The average Bonchev–Trinajstić information content (AvgIpc) is 3.45. The van der Waals surface area contributed by atoms with Gasteiger partial charge in [0.25, 0.3) is 5.91 Å². The minimum Gasteiger partial charge on any atom is -0.464 e. The Kier molecular flexibility index (Phi) is 9.53. The molecular weight excluding hydrogens is 534 g/mol. The number of carbonyl (C=O) groups is 2. The number of benzene rings is 3. The summed E-state index contributed by atoms with van der Waals surface area (Å²) in [7, 11) is 0. The van der Waals surface area contributed by atoms with E-state index in [2.05, 4.69) is 10.6 Å². The van der Waals surface area contributed by atoms with Crippen LogP contribution in [-0.2, 0) is 32.3 Å². The highest BCUT2D eigenvalue weighted by molar-refractivity contribution is 5.94. The number of amides is 2. The molecule has 0 spiro atoms. The molecule has 2 atom stereocenters. The fourth-order valence-electron chi connectivity index (χ4n) is 4.87. The number of anilines is 2. The van der Waals surface area contributed by atoms with Crippen molar-refractivity contribution in [3.05, 3.63) is 108 Å². The van der Waals surface area contributed by atoms with Crippen LogP contribution in [0.25, 0.3) is 11.0 Å². The number of aliphatic hydroxyl groups excluding tert-OH is 1. The molecule has 0 bridgehead atoms. The molecule has 1 aromatic heterocycles. The fraction of sp³-hybridized carbons (Fsp3) is 0.273. The van der Waals surface area contributed by atoms with Crippen LogP contribution < -0.4 is 16.4 Å². The number of para-hydroxylation sites is 3. The summed E-state index contributed by atoms with van der Waals surface area (Å²) < 4.78 is 17.9. The average molecular weight is 570 g/mol. The monoisotopic (exact) mass is 569 g/mol. The number of furan rings is 1. The smallest absolute Gasteiger partial charge is 0.286 e. The third-order valence-electron chi connectivity index (χ3n) is 7.18. The van der Waals surface area contributed by atoms with Crippen molar-refractivity contribution in [3.8, 4) is 0 Å². The number of hydrogen-bond acceptors (Lipinski definition) is 7. The van der Waals surface area contributed by atoms with E-state index in [-0.39, 0.29) is 30.1 Å². The molecule has 9 nitrogen and oxygen atoms in total. The molecular formula is C33H35N3O6. The maximum Gasteiger partial charge on any atom is 0.286 e. The summed E-state index contributed by atoms with van der Waals surface area (Å²) in [6.07, 6.45) is 4.94. The predicted octanol–water partition coefficient (Wildman–Crippen LogP) is 5.36. The molecule has 0 radical (unpaired) electrons. The van der Waals surface area contributed by atoms with Gasteiger partial charge >= 0.3 is 0 Å². The van der Waals surface area contributed by atoms with E-state index in [1.54, 1.807) is 18.4 Å². The zero-order valence-electron chi connectivity index (χ0n) is 23.3. The number of allylic oxidation sites excluding steroid dienone is 1. The zero-order valence-corrected chi connectivity index (χ0v) is 23.3. The van der Waals surface area contributed by atoms with Gasteiger partial charge in [-0.25, -0.2) is 0 Å². The SMILES string of the molecule is Nc1ccccc1NC(=O)CCCCNC(=O)C1=C[C@@H](c2coc3ccccc23)C[C@@H](OCc2ccc(CO)cc2)O1. The van der Waals surface area contributed by atoms with Crippen molar-refractivity contribution in [2.75, 3.05) is 17.6 Å². The van der Waals surface area contributed by atoms with Crippen LogP contribution in [0.3, 0.4) is 0 Å². The van der Waals surface area contributed by atoms with Crippen LogP contribution in [0.1, 0.15) is 48.3 Å². The van der Waals surface area contributed by atoms with Crippen LogP contribution in [-0.4, -0.2) is 29.8 Å². The van der Waals surface area contributed by atoms with Gasteiger partial charge in [0.2, 0.25) is 12.2 Å². The zero-order chi connectivity index (χ0) is 29.3.